The van der Waals surface area contributed by atoms with Crippen molar-refractivity contribution >= 4 is 11.9 Å². The number of hydrogen-bond acceptors (Lipinski definition) is 2. The monoisotopic (exact) mass is 249 g/mol. The van der Waals surface area contributed by atoms with Gasteiger partial charge in [-0.15, -0.1) is 0 Å². The summed E-state index contributed by atoms with van der Waals surface area (Å²) < 4.78 is 0. The molecule has 1 rings (SSSR count). The van der Waals surface area contributed by atoms with Crippen LogP contribution in [0.25, 0.3) is 0 Å². The van der Waals surface area contributed by atoms with E-state index in [0.717, 1.165) is 5.56 Å². The number of carbonyl (C=O) groups is 2. The van der Waals surface area contributed by atoms with Crippen molar-refractivity contribution in [2.24, 2.45) is 5.92 Å². The fraction of sp³-hybridized carbons (Fsp3) is 0.429. The number of benzene rings is 1. The third-order valence-corrected chi connectivity index (χ3v) is 2.75. The Labute approximate surface area is 107 Å². The zero-order chi connectivity index (χ0) is 13.5. The number of carboxylic acids is 1. The topological polar surface area (TPSA) is 66.4 Å². The molecule has 1 atom stereocenters. The van der Waals surface area contributed by atoms with E-state index in [0.29, 0.717) is 6.42 Å². The van der Waals surface area contributed by atoms with Crippen molar-refractivity contribution < 1.29 is 14.7 Å². The van der Waals surface area contributed by atoms with Gasteiger partial charge in [0.1, 0.15) is 0 Å². The Morgan fingerprint density at radius 2 is 1.89 bits per heavy atom. The lowest BCUT2D eigenvalue weighted by atomic mass is 9.99. The second kappa shape index (κ2) is 6.79. The fourth-order valence-corrected chi connectivity index (χ4v) is 1.64. The Morgan fingerprint density at radius 3 is 2.44 bits per heavy atom. The van der Waals surface area contributed by atoms with Crippen LogP contribution >= 0.6 is 0 Å². The third-order valence-electron chi connectivity index (χ3n) is 2.75. The highest BCUT2D eigenvalue weighted by molar-refractivity contribution is 5.79. The molecule has 0 aromatic heterocycles. The van der Waals surface area contributed by atoms with E-state index in [4.69, 9.17) is 5.11 Å². The van der Waals surface area contributed by atoms with Crippen LogP contribution in [0.1, 0.15) is 24.5 Å². The van der Waals surface area contributed by atoms with E-state index in [-0.39, 0.29) is 24.8 Å². The van der Waals surface area contributed by atoms with Gasteiger partial charge in [-0.3, -0.25) is 9.59 Å². The van der Waals surface area contributed by atoms with Gasteiger partial charge in [0.05, 0.1) is 6.42 Å². The molecule has 0 bridgehead atoms. The first-order valence-corrected chi connectivity index (χ1v) is 6.04. The fourth-order valence-electron chi connectivity index (χ4n) is 1.64. The second-order valence-corrected chi connectivity index (χ2v) is 4.53. The molecule has 0 spiro atoms. The van der Waals surface area contributed by atoms with Gasteiger partial charge in [-0.25, -0.2) is 0 Å². The molecule has 1 aromatic rings. The summed E-state index contributed by atoms with van der Waals surface area (Å²) in [7, 11) is 0. The Hall–Kier alpha value is -1.84. The van der Waals surface area contributed by atoms with Crippen LogP contribution < -0.4 is 5.32 Å². The van der Waals surface area contributed by atoms with Gasteiger partial charge < -0.3 is 10.4 Å². The van der Waals surface area contributed by atoms with E-state index in [1.807, 2.05) is 38.1 Å². The van der Waals surface area contributed by atoms with Gasteiger partial charge >= 0.3 is 5.97 Å². The van der Waals surface area contributed by atoms with Gasteiger partial charge in [-0.1, -0.05) is 36.8 Å². The van der Waals surface area contributed by atoms with Crippen molar-refractivity contribution in [3.63, 3.8) is 0 Å². The van der Waals surface area contributed by atoms with Gasteiger partial charge in [-0.2, -0.15) is 0 Å². The maximum absolute atomic E-state index is 11.7. The minimum Gasteiger partial charge on any atom is -0.481 e. The molecule has 1 amide bonds. The largest absolute Gasteiger partial charge is 0.481 e. The highest BCUT2D eigenvalue weighted by Crippen LogP contribution is 2.10. The van der Waals surface area contributed by atoms with Crippen LogP contribution in [0.15, 0.2) is 24.3 Å². The lowest BCUT2D eigenvalue weighted by Crippen LogP contribution is -2.31. The van der Waals surface area contributed by atoms with Gasteiger partial charge in [0, 0.05) is 12.5 Å². The normalized spacial score (nSPS) is 11.9. The first-order valence-electron chi connectivity index (χ1n) is 6.04. The summed E-state index contributed by atoms with van der Waals surface area (Å²) in [6.45, 7) is 4.05. The molecule has 0 aliphatic carbocycles. The van der Waals surface area contributed by atoms with Crippen LogP contribution in [0.5, 0.6) is 0 Å². The predicted molar refractivity (Wildman–Crippen MR) is 69.3 cm³/mol. The molecule has 2 N–H and O–H groups in total. The van der Waals surface area contributed by atoms with Gasteiger partial charge in [0.25, 0.3) is 0 Å². The molecule has 1 aromatic carbocycles. The molecule has 0 fully saturated rings. The lowest BCUT2D eigenvalue weighted by Gasteiger charge is -2.11. The number of aryl methyl sites for hydroxylation is 1. The second-order valence-electron chi connectivity index (χ2n) is 4.53. The number of hydrogen-bond donors (Lipinski definition) is 2. The van der Waals surface area contributed by atoms with E-state index in [9.17, 15) is 9.59 Å². The Bertz CT molecular complexity index is 412. The maximum Gasteiger partial charge on any atom is 0.305 e. The van der Waals surface area contributed by atoms with Crippen LogP contribution in [-0.4, -0.2) is 23.5 Å². The molecule has 0 saturated heterocycles. The number of rotatable bonds is 6. The molecule has 18 heavy (non-hydrogen) atoms. The van der Waals surface area contributed by atoms with E-state index in [1.54, 1.807) is 0 Å². The molecule has 98 valence electrons. The molecule has 1 unspecified atom stereocenters. The Balaban J connectivity index is 2.39. The highest BCUT2D eigenvalue weighted by atomic mass is 16.4. The molecule has 0 aliphatic rings. The number of carboxylic acid groups (broad SMARTS) is 1. The zero-order valence-corrected chi connectivity index (χ0v) is 10.8. The molecule has 0 aliphatic heterocycles. The van der Waals surface area contributed by atoms with Crippen molar-refractivity contribution in [2.45, 2.75) is 26.7 Å². The quantitative estimate of drug-likeness (QED) is 0.807. The summed E-state index contributed by atoms with van der Waals surface area (Å²) in [6.07, 6.45) is 0.627. The summed E-state index contributed by atoms with van der Waals surface area (Å²) in [5, 5.41) is 11.1. The van der Waals surface area contributed by atoms with E-state index >= 15 is 0 Å². The summed E-state index contributed by atoms with van der Waals surface area (Å²) >= 11 is 0. The third kappa shape index (κ3) is 4.99. The van der Waals surface area contributed by atoms with Crippen LogP contribution in [0.2, 0.25) is 0 Å². The Morgan fingerprint density at radius 1 is 1.28 bits per heavy atom. The van der Waals surface area contributed by atoms with Crippen LogP contribution in [-0.2, 0) is 16.0 Å². The Kier molecular flexibility index (Phi) is 5.36. The van der Waals surface area contributed by atoms with Crippen LogP contribution in [0.4, 0.5) is 0 Å². The lowest BCUT2D eigenvalue weighted by molar-refractivity contribution is -0.137. The molecule has 0 radical (unpaired) electrons. The summed E-state index contributed by atoms with van der Waals surface area (Å²) in [5.41, 5.74) is 2.30. The summed E-state index contributed by atoms with van der Waals surface area (Å²) in [4.78, 5) is 22.0. The number of carbonyl (C=O) groups excluding carboxylic acids is 1. The smallest absolute Gasteiger partial charge is 0.305 e. The van der Waals surface area contributed by atoms with Gasteiger partial charge in [-0.05, 0) is 18.9 Å². The molecule has 4 heteroatoms. The minimum absolute atomic E-state index is 0.0387. The highest BCUT2D eigenvalue weighted by Gasteiger charge is 2.13. The average molecular weight is 249 g/mol. The van der Waals surface area contributed by atoms with Crippen molar-refractivity contribution in [3.05, 3.63) is 35.4 Å². The van der Waals surface area contributed by atoms with E-state index < -0.39 is 5.97 Å². The van der Waals surface area contributed by atoms with Crippen molar-refractivity contribution in [1.29, 1.82) is 0 Å². The van der Waals surface area contributed by atoms with E-state index in [2.05, 4.69) is 5.32 Å². The SMILES string of the molecule is Cc1ccc(CC(C)C(=O)NCCC(=O)O)cc1. The minimum atomic E-state index is -0.901. The molecular formula is C14H19NO3. The zero-order valence-electron chi connectivity index (χ0n) is 10.8. The standard InChI is InChI=1S/C14H19NO3/c1-10-3-5-12(6-4-10)9-11(2)14(18)15-8-7-13(16)17/h3-6,11H,7-9H2,1-2H3,(H,15,18)(H,16,17). The predicted octanol–water partition coefficient (Wildman–Crippen LogP) is 1.76. The number of nitrogens with one attached hydrogen (secondary N) is 1. The van der Waals surface area contributed by atoms with Gasteiger partial charge in [0.2, 0.25) is 5.91 Å². The first-order chi connectivity index (χ1) is 8.49. The summed E-state index contributed by atoms with van der Waals surface area (Å²) in [5.74, 6) is -1.15. The maximum atomic E-state index is 11.7. The number of aliphatic carboxylic acids is 1. The molecule has 0 saturated carbocycles. The van der Waals surface area contributed by atoms with E-state index in [1.165, 1.54) is 5.56 Å². The van der Waals surface area contributed by atoms with Crippen molar-refractivity contribution in [2.75, 3.05) is 6.54 Å². The summed E-state index contributed by atoms with van der Waals surface area (Å²) in [6, 6.07) is 8.06. The van der Waals surface area contributed by atoms with Crippen molar-refractivity contribution in [3.8, 4) is 0 Å². The molecule has 0 heterocycles. The number of amides is 1. The first kappa shape index (κ1) is 14.2. The van der Waals surface area contributed by atoms with Crippen molar-refractivity contribution in [1.82, 2.24) is 5.32 Å². The van der Waals surface area contributed by atoms with Crippen LogP contribution in [0, 0.1) is 12.8 Å². The van der Waals surface area contributed by atoms with Gasteiger partial charge in [0.15, 0.2) is 0 Å². The average Bonchev–Trinajstić information content (AvgIpc) is 2.31. The molecule has 4 nitrogen and oxygen atoms in total. The van der Waals surface area contributed by atoms with Crippen LogP contribution in [0.3, 0.4) is 0 Å². The molecular weight excluding hydrogens is 230 g/mol.